The van der Waals surface area contributed by atoms with Crippen LogP contribution in [0.3, 0.4) is 0 Å². The van der Waals surface area contributed by atoms with Gasteiger partial charge in [0.15, 0.2) is 0 Å². The van der Waals surface area contributed by atoms with E-state index in [0.29, 0.717) is 6.04 Å². The Morgan fingerprint density at radius 2 is 1.90 bits per heavy atom. The lowest BCUT2D eigenvalue weighted by atomic mass is 9.99. The van der Waals surface area contributed by atoms with Crippen molar-refractivity contribution in [3.8, 4) is 0 Å². The van der Waals surface area contributed by atoms with Gasteiger partial charge in [-0.05, 0) is 56.0 Å². The molecule has 3 heteroatoms. The number of benzene rings is 2. The Bertz CT molecular complexity index is 556. The van der Waals surface area contributed by atoms with Crippen LogP contribution in [0.15, 0.2) is 53.0 Å². The highest BCUT2D eigenvalue weighted by Gasteiger charge is 2.11. The van der Waals surface area contributed by atoms with Gasteiger partial charge in [0.2, 0.25) is 0 Å². The third kappa shape index (κ3) is 5.25. The average molecular weight is 350 g/mol. The van der Waals surface area contributed by atoms with Crippen LogP contribution in [0.4, 0.5) is 4.39 Å². The minimum Gasteiger partial charge on any atom is -0.317 e. The highest BCUT2D eigenvalue weighted by atomic mass is 79.9. The number of hydrogen-bond acceptors (Lipinski definition) is 1. The lowest BCUT2D eigenvalue weighted by Gasteiger charge is -2.16. The van der Waals surface area contributed by atoms with Crippen LogP contribution in [-0.4, -0.2) is 13.1 Å². The number of rotatable bonds is 7. The summed E-state index contributed by atoms with van der Waals surface area (Å²) in [5, 5.41) is 3.30. The van der Waals surface area contributed by atoms with Crippen LogP contribution < -0.4 is 5.32 Å². The summed E-state index contributed by atoms with van der Waals surface area (Å²) in [5.74, 6) is -0.132. The Labute approximate surface area is 134 Å². The Balaban J connectivity index is 1.85. The van der Waals surface area contributed by atoms with Gasteiger partial charge in [0.1, 0.15) is 5.82 Å². The highest BCUT2D eigenvalue weighted by Crippen LogP contribution is 2.18. The van der Waals surface area contributed by atoms with E-state index in [2.05, 4.69) is 45.5 Å². The molecule has 0 spiro atoms. The van der Waals surface area contributed by atoms with E-state index in [1.807, 2.05) is 25.2 Å². The van der Waals surface area contributed by atoms with Crippen LogP contribution in [0.5, 0.6) is 0 Å². The van der Waals surface area contributed by atoms with Gasteiger partial charge in [-0.3, -0.25) is 0 Å². The molecule has 1 N–H and O–H groups in total. The third-order valence-corrected chi connectivity index (χ3v) is 4.24. The van der Waals surface area contributed by atoms with E-state index in [1.165, 1.54) is 11.6 Å². The summed E-state index contributed by atoms with van der Waals surface area (Å²) in [7, 11) is 1.95. The molecule has 0 amide bonds. The van der Waals surface area contributed by atoms with E-state index < -0.39 is 0 Å². The maximum atomic E-state index is 13.9. The Morgan fingerprint density at radius 3 is 2.57 bits per heavy atom. The van der Waals surface area contributed by atoms with Crippen LogP contribution in [-0.2, 0) is 12.8 Å². The van der Waals surface area contributed by atoms with Crippen molar-refractivity contribution in [2.24, 2.45) is 0 Å². The molecule has 0 aliphatic rings. The number of aryl methyl sites for hydroxylation is 1. The molecule has 0 heterocycles. The summed E-state index contributed by atoms with van der Waals surface area (Å²) in [5.41, 5.74) is 2.14. The molecular weight excluding hydrogens is 329 g/mol. The topological polar surface area (TPSA) is 12.0 Å². The van der Waals surface area contributed by atoms with Crippen molar-refractivity contribution >= 4 is 15.9 Å². The molecule has 0 saturated heterocycles. The predicted molar refractivity (Wildman–Crippen MR) is 90.0 cm³/mol. The van der Waals surface area contributed by atoms with Gasteiger partial charge in [0, 0.05) is 10.5 Å². The van der Waals surface area contributed by atoms with Crippen molar-refractivity contribution in [1.82, 2.24) is 5.32 Å². The fourth-order valence-electron chi connectivity index (χ4n) is 2.50. The normalized spacial score (nSPS) is 12.3. The third-order valence-electron chi connectivity index (χ3n) is 3.75. The summed E-state index contributed by atoms with van der Waals surface area (Å²) in [6.07, 6.45) is 3.95. The SMILES string of the molecule is CNC(CCCc1ccccc1)Cc1ccc(Br)cc1F. The van der Waals surface area contributed by atoms with Gasteiger partial charge in [-0.2, -0.15) is 0 Å². The molecule has 21 heavy (non-hydrogen) atoms. The fraction of sp³-hybridized carbons (Fsp3) is 0.333. The molecule has 0 aliphatic heterocycles. The van der Waals surface area contributed by atoms with E-state index in [-0.39, 0.29) is 5.82 Å². The summed E-state index contributed by atoms with van der Waals surface area (Å²) in [6.45, 7) is 0. The zero-order chi connectivity index (χ0) is 15.1. The second kappa shape index (κ2) is 8.30. The maximum absolute atomic E-state index is 13.9. The van der Waals surface area contributed by atoms with Gasteiger partial charge in [-0.25, -0.2) is 4.39 Å². The van der Waals surface area contributed by atoms with Crippen molar-refractivity contribution in [1.29, 1.82) is 0 Å². The molecule has 0 saturated carbocycles. The number of hydrogen-bond donors (Lipinski definition) is 1. The van der Waals surface area contributed by atoms with Crippen LogP contribution in [0.1, 0.15) is 24.0 Å². The van der Waals surface area contributed by atoms with Gasteiger partial charge in [-0.15, -0.1) is 0 Å². The summed E-state index contributed by atoms with van der Waals surface area (Å²) in [6, 6.07) is 16.1. The van der Waals surface area contributed by atoms with Crippen molar-refractivity contribution in [2.75, 3.05) is 7.05 Å². The van der Waals surface area contributed by atoms with Crippen LogP contribution in [0.25, 0.3) is 0 Å². The quantitative estimate of drug-likeness (QED) is 0.760. The van der Waals surface area contributed by atoms with E-state index in [9.17, 15) is 4.39 Å². The first kappa shape index (κ1) is 16.2. The van der Waals surface area contributed by atoms with Gasteiger partial charge >= 0.3 is 0 Å². The molecule has 1 nitrogen and oxygen atoms in total. The first-order valence-electron chi connectivity index (χ1n) is 7.34. The minimum absolute atomic E-state index is 0.132. The average Bonchev–Trinajstić information content (AvgIpc) is 2.49. The smallest absolute Gasteiger partial charge is 0.127 e. The minimum atomic E-state index is -0.132. The standard InChI is InChI=1S/C18H21BrFN/c1-21-17(9-5-8-14-6-3-2-4-7-14)12-15-10-11-16(19)13-18(15)20/h2-4,6-7,10-11,13,17,21H,5,8-9,12H2,1H3. The molecule has 0 radical (unpaired) electrons. The monoisotopic (exact) mass is 349 g/mol. The molecular formula is C18H21BrFN. The predicted octanol–water partition coefficient (Wildman–Crippen LogP) is 4.74. The summed E-state index contributed by atoms with van der Waals surface area (Å²) >= 11 is 3.29. The zero-order valence-corrected chi connectivity index (χ0v) is 13.9. The Kier molecular flexibility index (Phi) is 6.40. The highest BCUT2D eigenvalue weighted by molar-refractivity contribution is 9.10. The number of halogens is 2. The van der Waals surface area contributed by atoms with E-state index >= 15 is 0 Å². The zero-order valence-electron chi connectivity index (χ0n) is 12.3. The molecule has 0 aromatic heterocycles. The summed E-state index contributed by atoms with van der Waals surface area (Å²) < 4.78 is 14.7. The van der Waals surface area contributed by atoms with Crippen LogP contribution >= 0.6 is 15.9 Å². The Hall–Kier alpha value is -1.19. The van der Waals surface area contributed by atoms with E-state index in [4.69, 9.17) is 0 Å². The van der Waals surface area contributed by atoms with Gasteiger partial charge < -0.3 is 5.32 Å². The first-order chi connectivity index (χ1) is 10.2. The number of likely N-dealkylation sites (N-methyl/N-ethyl adjacent to an activating group) is 1. The molecule has 0 fully saturated rings. The lowest BCUT2D eigenvalue weighted by molar-refractivity contribution is 0.489. The first-order valence-corrected chi connectivity index (χ1v) is 8.13. The number of nitrogens with one attached hydrogen (secondary N) is 1. The van der Waals surface area contributed by atoms with Crippen molar-refractivity contribution in [3.05, 3.63) is 69.9 Å². The molecule has 2 aromatic carbocycles. The molecule has 2 aromatic rings. The molecule has 0 aliphatic carbocycles. The van der Waals surface area contributed by atoms with Gasteiger partial charge in [0.05, 0.1) is 0 Å². The van der Waals surface area contributed by atoms with E-state index in [1.54, 1.807) is 0 Å². The molecule has 1 unspecified atom stereocenters. The largest absolute Gasteiger partial charge is 0.317 e. The fourth-order valence-corrected chi connectivity index (χ4v) is 2.83. The molecule has 2 rings (SSSR count). The Morgan fingerprint density at radius 1 is 1.14 bits per heavy atom. The second-order valence-corrected chi connectivity index (χ2v) is 6.22. The van der Waals surface area contributed by atoms with Gasteiger partial charge in [0.25, 0.3) is 0 Å². The second-order valence-electron chi connectivity index (χ2n) is 5.30. The molecule has 1 atom stereocenters. The van der Waals surface area contributed by atoms with E-state index in [0.717, 1.165) is 35.7 Å². The van der Waals surface area contributed by atoms with Crippen LogP contribution in [0, 0.1) is 5.82 Å². The molecule has 112 valence electrons. The van der Waals surface area contributed by atoms with Crippen molar-refractivity contribution in [3.63, 3.8) is 0 Å². The maximum Gasteiger partial charge on any atom is 0.127 e. The summed E-state index contributed by atoms with van der Waals surface area (Å²) in [4.78, 5) is 0. The van der Waals surface area contributed by atoms with Crippen molar-refractivity contribution in [2.45, 2.75) is 31.7 Å². The lowest BCUT2D eigenvalue weighted by Crippen LogP contribution is -2.28. The van der Waals surface area contributed by atoms with Crippen molar-refractivity contribution < 1.29 is 4.39 Å². The van der Waals surface area contributed by atoms with Crippen LogP contribution in [0.2, 0.25) is 0 Å². The van der Waals surface area contributed by atoms with Gasteiger partial charge in [-0.1, -0.05) is 52.3 Å². The molecule has 0 bridgehead atoms.